The molecule has 15 aromatic carbocycles. The van der Waals surface area contributed by atoms with E-state index >= 15 is 0 Å². The number of hydrogen-bond donors (Lipinski definition) is 1. The van der Waals surface area contributed by atoms with Crippen LogP contribution in [-0.2, 0) is 0 Å². The summed E-state index contributed by atoms with van der Waals surface area (Å²) in [5.74, 6) is 1.39. The lowest BCUT2D eigenvalue weighted by molar-refractivity contribution is 0.674. The second-order valence-corrected chi connectivity index (χ2v) is 30.1. The standard InChI is InChI=1S/C93H56N6S3/c1-7-25-79-67(19-1)73-49-56(59-36-44-88-76(52-59)70-22-4-10-28-85(70)100-88)33-41-82(73)97(79)64-39-31-55(32-40-64)91-94-92(62-15-13-17-65(47-62)98-80-26-8-2-20-68(80)74-50-57(34-42-83(74)98)60-37-45-89-77(53-60)71-23-5-11-29-86(71)101-89)96-93(95-91)63-16-14-18-66(48-63)99-81-27-9-3-21-69(81)75-51-58(35-43-84(75)99)61-38-46-90-78(54-61)72-24-6-12-30-87(72)102-90/h1-54,92H,(H,94,95,96). The highest BCUT2D eigenvalue weighted by Crippen LogP contribution is 2.44. The van der Waals surface area contributed by atoms with E-state index < -0.39 is 6.17 Å². The van der Waals surface area contributed by atoms with E-state index in [0.717, 1.165) is 72.7 Å². The van der Waals surface area contributed by atoms with Gasteiger partial charge in [-0.3, -0.25) is 0 Å². The summed E-state index contributed by atoms with van der Waals surface area (Å²) in [7, 11) is 0. The van der Waals surface area contributed by atoms with E-state index in [4.69, 9.17) is 9.98 Å². The first-order chi connectivity index (χ1) is 50.5. The first-order valence-corrected chi connectivity index (χ1v) is 37.0. The zero-order chi connectivity index (χ0) is 66.7. The van der Waals surface area contributed by atoms with Crippen LogP contribution in [0, 0.1) is 0 Å². The van der Waals surface area contributed by atoms with Crippen LogP contribution < -0.4 is 5.32 Å². The SMILES string of the molecule is c1cc(C2=NC(c3cccc(-n4c5ccccc5c5cc(-c6ccc7sc8ccccc8c7c6)ccc54)c3)NC(c3ccc(-n4c5ccccc5c5cc(-c6ccc7sc8ccccc8c7c6)ccc54)cc3)=N2)cc(-n2c3ccccc3c3cc(-c4ccc5sc6ccccc6c5c4)ccc32)c1. The first-order valence-electron chi connectivity index (χ1n) is 34.6. The topological polar surface area (TPSA) is 51.5 Å². The molecule has 1 aliphatic heterocycles. The molecule has 0 spiro atoms. The van der Waals surface area contributed by atoms with Gasteiger partial charge in [-0.05, 0) is 197 Å². The van der Waals surface area contributed by atoms with E-state index in [1.54, 1.807) is 0 Å². The summed E-state index contributed by atoms with van der Waals surface area (Å²) in [5, 5.41) is 19.0. The fraction of sp³-hybridized carbons (Fsp3) is 0.0108. The molecule has 6 aromatic heterocycles. The summed E-state index contributed by atoms with van der Waals surface area (Å²) in [6.45, 7) is 0. The molecule has 0 radical (unpaired) electrons. The van der Waals surface area contributed by atoms with Gasteiger partial charge in [0.2, 0.25) is 0 Å². The fourth-order valence-electron chi connectivity index (χ4n) is 16.3. The minimum absolute atomic E-state index is 0.498. The van der Waals surface area contributed by atoms with Crippen molar-refractivity contribution >= 4 is 172 Å². The Morgan fingerprint density at radius 3 is 1.03 bits per heavy atom. The highest BCUT2D eigenvalue weighted by atomic mass is 32.1. The van der Waals surface area contributed by atoms with E-state index in [1.165, 1.54) is 126 Å². The third-order valence-corrected chi connectivity index (χ3v) is 24.6. The Balaban J connectivity index is 0.656. The smallest absolute Gasteiger partial charge is 0.159 e. The summed E-state index contributed by atoms with van der Waals surface area (Å²) in [6, 6.07) is 121. The predicted molar refractivity (Wildman–Crippen MR) is 436 cm³/mol. The molecule has 1 unspecified atom stereocenters. The highest BCUT2D eigenvalue weighted by molar-refractivity contribution is 7.26. The molecular formula is C93H56N6S3. The van der Waals surface area contributed by atoms with Crippen molar-refractivity contribution in [3.63, 3.8) is 0 Å². The van der Waals surface area contributed by atoms with Gasteiger partial charge in [0.25, 0.3) is 0 Å². The van der Waals surface area contributed by atoms with Crippen LogP contribution in [0.15, 0.2) is 338 Å². The maximum Gasteiger partial charge on any atom is 0.159 e. The Labute approximate surface area is 597 Å². The molecule has 6 nitrogen and oxygen atoms in total. The number of aromatic nitrogens is 3. The maximum absolute atomic E-state index is 5.63. The van der Waals surface area contributed by atoms with Crippen LogP contribution in [0.25, 0.3) is 176 Å². The van der Waals surface area contributed by atoms with Crippen molar-refractivity contribution < 1.29 is 0 Å². The number of fused-ring (bicyclic) bond motifs is 18. The number of aliphatic imine (C=N–C) groups is 2. The van der Waals surface area contributed by atoms with Crippen LogP contribution in [-0.4, -0.2) is 25.4 Å². The van der Waals surface area contributed by atoms with Crippen molar-refractivity contribution in [2.45, 2.75) is 6.17 Å². The van der Waals surface area contributed by atoms with Gasteiger partial charge in [-0.25, -0.2) is 9.98 Å². The first kappa shape index (κ1) is 57.4. The van der Waals surface area contributed by atoms with Gasteiger partial charge in [0, 0.05) is 121 Å². The quantitative estimate of drug-likeness (QED) is 0.154. The average molecular weight is 1350 g/mol. The van der Waals surface area contributed by atoms with Crippen molar-refractivity contribution in [1.29, 1.82) is 0 Å². The lowest BCUT2D eigenvalue weighted by atomic mass is 10.0. The van der Waals surface area contributed by atoms with Gasteiger partial charge >= 0.3 is 0 Å². The summed E-state index contributed by atoms with van der Waals surface area (Å²) >= 11 is 5.57. The van der Waals surface area contributed by atoms with Crippen LogP contribution in [0.1, 0.15) is 22.9 Å². The molecule has 7 heterocycles. The number of nitrogens with zero attached hydrogens (tertiary/aromatic N) is 5. The molecule has 0 saturated heterocycles. The number of rotatable bonds is 9. The van der Waals surface area contributed by atoms with Crippen LogP contribution >= 0.6 is 34.0 Å². The Morgan fingerprint density at radius 2 is 0.578 bits per heavy atom. The molecule has 1 aliphatic rings. The number of para-hydroxylation sites is 3. The molecule has 1 atom stereocenters. The molecule has 0 bridgehead atoms. The van der Waals surface area contributed by atoms with Gasteiger partial charge in [-0.1, -0.05) is 170 Å². The number of benzene rings is 15. The molecule has 0 fully saturated rings. The number of hydrogen-bond acceptors (Lipinski definition) is 6. The second-order valence-electron chi connectivity index (χ2n) is 26.8. The Kier molecular flexibility index (Phi) is 12.7. The number of amidine groups is 2. The average Bonchev–Trinajstić information content (AvgIpc) is 1.61. The third-order valence-electron chi connectivity index (χ3n) is 21.1. The summed E-state index contributed by atoms with van der Waals surface area (Å²) in [6.07, 6.45) is -0.498. The van der Waals surface area contributed by atoms with Crippen molar-refractivity contribution in [1.82, 2.24) is 19.0 Å². The molecule has 21 aromatic rings. The van der Waals surface area contributed by atoms with Crippen molar-refractivity contribution in [3.05, 3.63) is 344 Å². The normalized spacial score (nSPS) is 13.6. The van der Waals surface area contributed by atoms with Crippen LogP contribution in [0.4, 0.5) is 0 Å². The van der Waals surface area contributed by atoms with Crippen LogP contribution in [0.5, 0.6) is 0 Å². The molecule has 102 heavy (non-hydrogen) atoms. The van der Waals surface area contributed by atoms with Gasteiger partial charge < -0.3 is 19.0 Å². The zero-order valence-corrected chi connectivity index (χ0v) is 57.2. The Hall–Kier alpha value is -12.5. The van der Waals surface area contributed by atoms with E-state index in [0.29, 0.717) is 5.84 Å². The Morgan fingerprint density at radius 1 is 0.235 bits per heavy atom. The molecule has 476 valence electrons. The van der Waals surface area contributed by atoms with E-state index in [2.05, 4.69) is 347 Å². The largest absolute Gasteiger partial charge is 0.344 e. The molecule has 0 saturated carbocycles. The lowest BCUT2D eigenvalue weighted by Gasteiger charge is -2.24. The van der Waals surface area contributed by atoms with Crippen molar-refractivity contribution in [3.8, 4) is 50.4 Å². The molecule has 0 amide bonds. The third kappa shape index (κ3) is 9.01. The van der Waals surface area contributed by atoms with Gasteiger partial charge in [0.15, 0.2) is 5.84 Å². The van der Waals surface area contributed by atoms with E-state index in [-0.39, 0.29) is 0 Å². The number of nitrogens with one attached hydrogen (secondary N) is 1. The zero-order valence-electron chi connectivity index (χ0n) is 54.7. The van der Waals surface area contributed by atoms with E-state index in [9.17, 15) is 0 Å². The molecule has 0 aliphatic carbocycles. The van der Waals surface area contributed by atoms with E-state index in [1.807, 2.05) is 34.0 Å². The summed E-state index contributed by atoms with van der Waals surface area (Å²) < 4.78 is 15.1. The minimum atomic E-state index is -0.498. The molecule has 9 heteroatoms. The summed E-state index contributed by atoms with van der Waals surface area (Å²) in [4.78, 5) is 11.2. The Bertz CT molecular complexity index is 7190. The second kappa shape index (κ2) is 22.5. The fourth-order valence-corrected chi connectivity index (χ4v) is 19.6. The molecular weight excluding hydrogens is 1300 g/mol. The van der Waals surface area contributed by atoms with Crippen LogP contribution in [0.3, 0.4) is 0 Å². The van der Waals surface area contributed by atoms with Crippen molar-refractivity contribution in [2.24, 2.45) is 9.98 Å². The minimum Gasteiger partial charge on any atom is -0.344 e. The molecule has 22 rings (SSSR count). The van der Waals surface area contributed by atoms with Gasteiger partial charge in [0.05, 0.1) is 33.1 Å². The maximum atomic E-state index is 5.63. The van der Waals surface area contributed by atoms with Crippen molar-refractivity contribution in [2.75, 3.05) is 0 Å². The number of thiophene rings is 3. The highest BCUT2D eigenvalue weighted by Gasteiger charge is 2.25. The lowest BCUT2D eigenvalue weighted by Crippen LogP contribution is -2.33. The summed E-state index contributed by atoms with van der Waals surface area (Å²) in [5.41, 5.74) is 20.1. The monoisotopic (exact) mass is 1350 g/mol. The predicted octanol–water partition coefficient (Wildman–Crippen LogP) is 25.6. The van der Waals surface area contributed by atoms with Crippen LogP contribution in [0.2, 0.25) is 0 Å². The van der Waals surface area contributed by atoms with Gasteiger partial charge in [-0.15, -0.1) is 34.0 Å². The van der Waals surface area contributed by atoms with Gasteiger partial charge in [0.1, 0.15) is 12.0 Å². The van der Waals surface area contributed by atoms with Gasteiger partial charge in [-0.2, -0.15) is 0 Å². The molecule has 1 N–H and O–H groups in total.